The van der Waals surface area contributed by atoms with Gasteiger partial charge in [0.05, 0.1) is 22.2 Å². The maximum absolute atomic E-state index is 13.3. The molecule has 1 atom stereocenters. The first-order valence-corrected chi connectivity index (χ1v) is 12.6. The molecule has 1 fully saturated rings. The second-order valence-electron chi connectivity index (χ2n) is 8.72. The Kier molecular flexibility index (Phi) is 6.85. The highest BCUT2D eigenvalue weighted by Crippen LogP contribution is 2.44. The van der Waals surface area contributed by atoms with Crippen molar-refractivity contribution >= 4 is 39.7 Å². The molecule has 1 aliphatic heterocycles. The van der Waals surface area contributed by atoms with Gasteiger partial charge in [-0.3, -0.25) is 24.3 Å². The summed E-state index contributed by atoms with van der Waals surface area (Å²) in [7, 11) is 0. The lowest BCUT2D eigenvalue weighted by atomic mass is 9.95. The van der Waals surface area contributed by atoms with Gasteiger partial charge < -0.3 is 9.84 Å². The molecule has 38 heavy (non-hydrogen) atoms. The number of aromatic nitrogens is 2. The molecule has 0 saturated carbocycles. The number of amides is 1. The molecule has 9 heteroatoms. The van der Waals surface area contributed by atoms with Crippen LogP contribution in [0.1, 0.15) is 45.0 Å². The summed E-state index contributed by atoms with van der Waals surface area (Å²) in [4.78, 5) is 48.8. The number of aryl methyl sites for hydroxylation is 1. The number of carbonyl (C=O) groups is 3. The molecule has 1 N–H and O–H groups in total. The fraction of sp³-hybridized carbons (Fsp3) is 0.138. The Hall–Kier alpha value is -4.63. The molecule has 1 aliphatic rings. The molecule has 190 valence electrons. The topological polar surface area (TPSA) is 110 Å². The van der Waals surface area contributed by atoms with Gasteiger partial charge in [-0.25, -0.2) is 4.98 Å². The van der Waals surface area contributed by atoms with E-state index in [2.05, 4.69) is 9.97 Å². The van der Waals surface area contributed by atoms with E-state index in [4.69, 9.17) is 4.74 Å². The molecular weight excluding hydrogens is 502 g/mol. The Labute approximate surface area is 222 Å². The van der Waals surface area contributed by atoms with E-state index in [1.807, 2.05) is 30.3 Å². The van der Waals surface area contributed by atoms with Gasteiger partial charge >= 0.3 is 5.91 Å². The Morgan fingerprint density at radius 3 is 2.34 bits per heavy atom. The summed E-state index contributed by atoms with van der Waals surface area (Å²) < 4.78 is 5.89. The van der Waals surface area contributed by atoms with Gasteiger partial charge in [-0.2, -0.15) is 0 Å². The van der Waals surface area contributed by atoms with Crippen LogP contribution >= 0.6 is 11.3 Å². The van der Waals surface area contributed by atoms with Crippen LogP contribution in [0.2, 0.25) is 0 Å². The molecule has 1 saturated heterocycles. The second-order valence-corrected chi connectivity index (χ2v) is 9.69. The molecule has 0 aliphatic carbocycles. The number of ether oxygens (including phenoxy) is 1. The van der Waals surface area contributed by atoms with E-state index in [1.165, 1.54) is 24.2 Å². The number of aliphatic hydroxyl groups is 1. The van der Waals surface area contributed by atoms with Crippen molar-refractivity contribution in [3.63, 3.8) is 0 Å². The van der Waals surface area contributed by atoms with E-state index in [1.54, 1.807) is 43.3 Å². The summed E-state index contributed by atoms with van der Waals surface area (Å²) in [5.41, 5.74) is 2.34. The highest BCUT2D eigenvalue weighted by molar-refractivity contribution is 7.18. The smallest absolute Gasteiger partial charge is 0.301 e. The molecule has 1 amide bonds. The van der Waals surface area contributed by atoms with Crippen molar-refractivity contribution in [3.8, 4) is 5.75 Å². The number of thiazole rings is 1. The number of aliphatic hydroxyl groups excluding tert-OH is 1. The molecule has 1 unspecified atom stereocenters. The predicted octanol–water partition coefficient (Wildman–Crippen LogP) is 5.25. The van der Waals surface area contributed by atoms with Crippen LogP contribution < -0.4 is 9.64 Å². The van der Waals surface area contributed by atoms with Crippen LogP contribution in [-0.2, 0) is 16.2 Å². The van der Waals surface area contributed by atoms with Crippen LogP contribution in [0.15, 0.2) is 84.7 Å². The van der Waals surface area contributed by atoms with Crippen molar-refractivity contribution in [2.75, 3.05) is 4.90 Å². The Morgan fingerprint density at radius 2 is 1.71 bits per heavy atom. The van der Waals surface area contributed by atoms with Gasteiger partial charge in [0.25, 0.3) is 5.78 Å². The maximum atomic E-state index is 13.3. The molecule has 5 rings (SSSR count). The third-order valence-corrected chi connectivity index (χ3v) is 7.41. The van der Waals surface area contributed by atoms with Gasteiger partial charge in [0.1, 0.15) is 18.1 Å². The first-order valence-electron chi connectivity index (χ1n) is 11.8. The second kappa shape index (κ2) is 10.4. The lowest BCUT2D eigenvalue weighted by Gasteiger charge is -2.23. The zero-order chi connectivity index (χ0) is 26.8. The van der Waals surface area contributed by atoms with Gasteiger partial charge in [-0.15, -0.1) is 0 Å². The average molecular weight is 526 g/mol. The summed E-state index contributed by atoms with van der Waals surface area (Å²) >= 11 is 1.04. The molecule has 3 heterocycles. The first kappa shape index (κ1) is 25.0. The SMILES string of the molecule is CC(=O)c1sc(N2C(=O)C(=O)C(=C(O)c3ccncc3)C2c2ccc(OCc3ccccc3)cc2)nc1C. The van der Waals surface area contributed by atoms with Crippen molar-refractivity contribution in [1.82, 2.24) is 9.97 Å². The quantitative estimate of drug-likeness (QED) is 0.152. The normalized spacial score (nSPS) is 16.6. The highest BCUT2D eigenvalue weighted by atomic mass is 32.1. The lowest BCUT2D eigenvalue weighted by molar-refractivity contribution is -0.132. The Morgan fingerprint density at radius 1 is 1.03 bits per heavy atom. The minimum Gasteiger partial charge on any atom is -0.507 e. The lowest BCUT2D eigenvalue weighted by Crippen LogP contribution is -2.29. The van der Waals surface area contributed by atoms with Crippen molar-refractivity contribution < 1.29 is 24.2 Å². The Bertz CT molecular complexity index is 1550. The van der Waals surface area contributed by atoms with Crippen molar-refractivity contribution in [3.05, 3.63) is 112 Å². The van der Waals surface area contributed by atoms with E-state index in [-0.39, 0.29) is 22.2 Å². The van der Waals surface area contributed by atoms with Gasteiger partial charge in [0.15, 0.2) is 10.9 Å². The number of benzene rings is 2. The summed E-state index contributed by atoms with van der Waals surface area (Å²) in [5.74, 6) is -1.57. The monoisotopic (exact) mass is 525 g/mol. The molecule has 8 nitrogen and oxygen atoms in total. The third-order valence-electron chi connectivity index (χ3n) is 6.15. The average Bonchev–Trinajstić information content (AvgIpc) is 3.45. The third kappa shape index (κ3) is 4.71. The summed E-state index contributed by atoms with van der Waals surface area (Å²) in [5, 5.41) is 11.4. The molecular formula is C29H23N3O5S. The van der Waals surface area contributed by atoms with Crippen LogP contribution in [0.4, 0.5) is 5.13 Å². The summed E-state index contributed by atoms with van der Waals surface area (Å²) in [6.45, 7) is 3.48. The van der Waals surface area contributed by atoms with E-state index in [9.17, 15) is 19.5 Å². The summed E-state index contributed by atoms with van der Waals surface area (Å²) in [6.07, 6.45) is 2.98. The standard InChI is InChI=1S/C29H23N3O5S/c1-17-27(18(2)33)38-29(31-17)32-24(23(26(35)28(32)36)25(34)21-12-14-30-15-13-21)20-8-10-22(11-9-20)37-16-19-6-4-3-5-7-19/h3-15,24,34H,16H2,1-2H3. The minimum atomic E-state index is -0.961. The number of ketones is 2. The zero-order valence-corrected chi connectivity index (χ0v) is 21.4. The predicted molar refractivity (Wildman–Crippen MR) is 143 cm³/mol. The van der Waals surface area contributed by atoms with E-state index in [0.717, 1.165) is 16.9 Å². The Balaban J connectivity index is 1.57. The van der Waals surface area contributed by atoms with Gasteiger partial charge in [-0.1, -0.05) is 53.8 Å². The molecule has 2 aromatic heterocycles. The van der Waals surface area contributed by atoms with Gasteiger partial charge in [0, 0.05) is 24.9 Å². The number of hydrogen-bond donors (Lipinski definition) is 1. The number of Topliss-reactive ketones (excluding diaryl/α,β-unsaturated/α-hetero) is 2. The van der Waals surface area contributed by atoms with Crippen molar-refractivity contribution in [2.45, 2.75) is 26.5 Å². The largest absolute Gasteiger partial charge is 0.507 e. The molecule has 2 aromatic carbocycles. The number of hydrogen-bond acceptors (Lipinski definition) is 8. The van der Waals surface area contributed by atoms with Gasteiger partial charge in [-0.05, 0) is 42.3 Å². The van der Waals surface area contributed by atoms with Crippen LogP contribution in [0.3, 0.4) is 0 Å². The van der Waals surface area contributed by atoms with Crippen LogP contribution in [0, 0.1) is 6.92 Å². The van der Waals surface area contributed by atoms with Crippen molar-refractivity contribution in [1.29, 1.82) is 0 Å². The van der Waals surface area contributed by atoms with E-state index in [0.29, 0.717) is 34.1 Å². The van der Waals surface area contributed by atoms with Gasteiger partial charge in [0.2, 0.25) is 0 Å². The number of nitrogens with zero attached hydrogens (tertiary/aromatic N) is 3. The molecule has 0 radical (unpaired) electrons. The number of rotatable bonds is 7. The zero-order valence-electron chi connectivity index (χ0n) is 20.6. The fourth-order valence-corrected chi connectivity index (χ4v) is 5.30. The molecule has 0 spiro atoms. The minimum absolute atomic E-state index is 0.0728. The number of pyridine rings is 1. The molecule has 0 bridgehead atoms. The van der Waals surface area contributed by atoms with E-state index < -0.39 is 17.7 Å². The number of anilines is 1. The van der Waals surface area contributed by atoms with Crippen LogP contribution in [-0.4, -0.2) is 32.5 Å². The molecule has 4 aromatic rings. The van der Waals surface area contributed by atoms with Crippen LogP contribution in [0.5, 0.6) is 5.75 Å². The van der Waals surface area contributed by atoms with Crippen molar-refractivity contribution in [2.24, 2.45) is 0 Å². The van der Waals surface area contributed by atoms with Crippen LogP contribution in [0.25, 0.3) is 5.76 Å². The summed E-state index contributed by atoms with van der Waals surface area (Å²) in [6, 6.07) is 18.9. The van der Waals surface area contributed by atoms with E-state index >= 15 is 0 Å². The fourth-order valence-electron chi connectivity index (χ4n) is 4.31. The number of carbonyl (C=O) groups excluding carboxylic acids is 3. The first-order chi connectivity index (χ1) is 18.3. The highest BCUT2D eigenvalue weighted by Gasteiger charge is 2.48. The maximum Gasteiger partial charge on any atom is 0.301 e.